The van der Waals surface area contributed by atoms with Crippen molar-refractivity contribution in [3.8, 4) is 11.3 Å². The zero-order valence-corrected chi connectivity index (χ0v) is 20.2. The quantitative estimate of drug-likeness (QED) is 0.546. The van der Waals surface area contributed by atoms with Crippen LogP contribution in [0.5, 0.6) is 0 Å². The molecule has 32 heavy (non-hydrogen) atoms. The summed E-state index contributed by atoms with van der Waals surface area (Å²) in [5.41, 5.74) is 2.12. The normalized spacial score (nSPS) is 12.6. The number of amides is 2. The van der Waals surface area contributed by atoms with Gasteiger partial charge < -0.3 is 15.3 Å². The Bertz CT molecular complexity index is 1210. The highest BCUT2D eigenvalue weighted by Gasteiger charge is 2.34. The number of nitrogens with zero attached hydrogens (tertiary/aromatic N) is 4. The van der Waals surface area contributed by atoms with E-state index in [1.54, 1.807) is 49.8 Å². The third-order valence-electron chi connectivity index (χ3n) is 5.07. The van der Waals surface area contributed by atoms with Crippen LogP contribution in [0, 0.1) is 12.3 Å². The molecule has 170 valence electrons. The number of nitrogens with one attached hydrogen (secondary N) is 1. The summed E-state index contributed by atoms with van der Waals surface area (Å²) < 4.78 is 1.68. The molecule has 1 atom stereocenters. The predicted octanol–water partition coefficient (Wildman–Crippen LogP) is 5.07. The Kier molecular flexibility index (Phi) is 6.40. The second kappa shape index (κ2) is 8.60. The Morgan fingerprint density at radius 1 is 1.19 bits per heavy atom. The summed E-state index contributed by atoms with van der Waals surface area (Å²) in [7, 11) is 3.28. The summed E-state index contributed by atoms with van der Waals surface area (Å²) in [6, 6.07) is 4.45. The lowest BCUT2D eigenvalue weighted by atomic mass is 9.80. The number of carbonyl (C=O) groups is 2. The minimum absolute atomic E-state index is 0.212. The molecule has 3 aromatic rings. The molecule has 0 radical (unpaired) electrons. The van der Waals surface area contributed by atoms with Crippen molar-refractivity contribution in [2.75, 3.05) is 14.1 Å². The smallest absolute Gasteiger partial charge is 0.405 e. The fourth-order valence-corrected chi connectivity index (χ4v) is 4.10. The number of hydrogen-bond donors (Lipinski definition) is 2. The van der Waals surface area contributed by atoms with E-state index < -0.39 is 17.6 Å². The molecule has 8 nitrogen and oxygen atoms in total. The molecular weight excluding hydrogens is 453 g/mol. The van der Waals surface area contributed by atoms with Gasteiger partial charge in [-0.1, -0.05) is 44.0 Å². The molecule has 1 unspecified atom stereocenters. The number of halogens is 2. The van der Waals surface area contributed by atoms with Crippen molar-refractivity contribution in [2.24, 2.45) is 5.41 Å². The molecule has 2 amide bonds. The van der Waals surface area contributed by atoms with Gasteiger partial charge in [0.15, 0.2) is 0 Å². The average Bonchev–Trinajstić information content (AvgIpc) is 3.07. The van der Waals surface area contributed by atoms with E-state index in [4.69, 9.17) is 23.2 Å². The van der Waals surface area contributed by atoms with Crippen molar-refractivity contribution >= 4 is 41.0 Å². The number of aromatic nitrogens is 3. The van der Waals surface area contributed by atoms with Crippen LogP contribution in [0.3, 0.4) is 0 Å². The number of imidazole rings is 1. The number of hydrogen-bond acceptors (Lipinski definition) is 4. The monoisotopic (exact) mass is 477 g/mol. The number of aryl methyl sites for hydroxylation is 1. The Labute approximate surface area is 196 Å². The summed E-state index contributed by atoms with van der Waals surface area (Å²) in [6.45, 7) is 7.57. The third-order valence-corrected chi connectivity index (χ3v) is 5.62. The van der Waals surface area contributed by atoms with Gasteiger partial charge in [0.2, 0.25) is 5.78 Å². The number of benzene rings is 1. The van der Waals surface area contributed by atoms with Crippen LogP contribution in [0.25, 0.3) is 17.0 Å². The third kappa shape index (κ3) is 4.52. The van der Waals surface area contributed by atoms with Crippen LogP contribution in [-0.2, 0) is 0 Å². The van der Waals surface area contributed by atoms with Crippen molar-refractivity contribution in [1.82, 2.24) is 24.6 Å². The summed E-state index contributed by atoms with van der Waals surface area (Å²) in [5.74, 6) is 0.0272. The van der Waals surface area contributed by atoms with Gasteiger partial charge in [-0.15, -0.1) is 0 Å². The van der Waals surface area contributed by atoms with Crippen molar-refractivity contribution in [3.05, 3.63) is 51.4 Å². The van der Waals surface area contributed by atoms with Crippen LogP contribution in [0.4, 0.5) is 4.79 Å². The number of fused-ring (bicyclic) bond motifs is 1. The number of carbonyl (C=O) groups excluding carboxylic acids is 1. The minimum Gasteiger partial charge on any atom is -0.465 e. The van der Waals surface area contributed by atoms with Gasteiger partial charge in [0, 0.05) is 42.1 Å². The van der Waals surface area contributed by atoms with Crippen LogP contribution in [0.2, 0.25) is 10.0 Å². The standard InChI is InChI=1S/C22H25Cl2N5O3/c1-11-16(18(22(2,3)4)27-21(31)32)17(13-8-7-12(23)9-14(13)24)29-10-15(19(30)28(5)6)26-20(29)25-11/h7-10,18,27H,1-6H3,(H,31,32). The highest BCUT2D eigenvalue weighted by Crippen LogP contribution is 2.42. The van der Waals surface area contributed by atoms with Gasteiger partial charge in [0.05, 0.1) is 16.8 Å². The highest BCUT2D eigenvalue weighted by atomic mass is 35.5. The first-order chi connectivity index (χ1) is 14.8. The molecule has 0 saturated carbocycles. The van der Waals surface area contributed by atoms with Gasteiger partial charge in [0.1, 0.15) is 5.69 Å². The van der Waals surface area contributed by atoms with E-state index in [9.17, 15) is 14.7 Å². The highest BCUT2D eigenvalue weighted by molar-refractivity contribution is 6.36. The van der Waals surface area contributed by atoms with E-state index >= 15 is 0 Å². The molecule has 1 aromatic carbocycles. The van der Waals surface area contributed by atoms with E-state index in [0.717, 1.165) is 0 Å². The molecule has 0 bridgehead atoms. The molecule has 2 aromatic heterocycles. The number of rotatable bonds is 4. The summed E-state index contributed by atoms with van der Waals surface area (Å²) in [5, 5.41) is 13.0. The molecule has 2 N–H and O–H groups in total. The second-order valence-corrected chi connectivity index (χ2v) is 9.67. The lowest BCUT2D eigenvalue weighted by molar-refractivity contribution is 0.0822. The van der Waals surface area contributed by atoms with Crippen molar-refractivity contribution in [1.29, 1.82) is 0 Å². The lowest BCUT2D eigenvalue weighted by Gasteiger charge is -2.33. The van der Waals surface area contributed by atoms with E-state index in [1.165, 1.54) is 4.90 Å². The first-order valence-electron chi connectivity index (χ1n) is 9.87. The predicted molar refractivity (Wildman–Crippen MR) is 125 cm³/mol. The van der Waals surface area contributed by atoms with Crippen LogP contribution >= 0.6 is 23.2 Å². The molecule has 10 heteroatoms. The van der Waals surface area contributed by atoms with Crippen molar-refractivity contribution in [3.63, 3.8) is 0 Å². The Hall–Kier alpha value is -2.84. The Morgan fingerprint density at radius 3 is 2.38 bits per heavy atom. The molecule has 0 fully saturated rings. The maximum atomic E-state index is 12.6. The van der Waals surface area contributed by atoms with Crippen LogP contribution in [0.15, 0.2) is 24.4 Å². The molecule has 3 rings (SSSR count). The average molecular weight is 478 g/mol. The van der Waals surface area contributed by atoms with Gasteiger partial charge in [-0.3, -0.25) is 9.20 Å². The fourth-order valence-electron chi connectivity index (χ4n) is 3.60. The molecule has 2 heterocycles. The maximum absolute atomic E-state index is 12.6. The van der Waals surface area contributed by atoms with Crippen LogP contribution in [0.1, 0.15) is 48.6 Å². The molecule has 0 saturated heterocycles. The van der Waals surface area contributed by atoms with E-state index in [1.807, 2.05) is 20.8 Å². The van der Waals surface area contributed by atoms with Gasteiger partial charge in [-0.05, 0) is 30.5 Å². The van der Waals surface area contributed by atoms with Gasteiger partial charge >= 0.3 is 6.09 Å². The summed E-state index contributed by atoms with van der Waals surface area (Å²) in [6.07, 6.45) is 0.431. The molecule has 0 aliphatic rings. The van der Waals surface area contributed by atoms with Gasteiger partial charge in [0.25, 0.3) is 5.91 Å². The second-order valence-electron chi connectivity index (χ2n) is 8.83. The molecule has 0 spiro atoms. The Balaban J connectivity index is 2.46. The lowest BCUT2D eigenvalue weighted by Crippen LogP contribution is -2.37. The number of carboxylic acid groups (broad SMARTS) is 1. The zero-order chi connectivity index (χ0) is 24.0. The van der Waals surface area contributed by atoms with Crippen LogP contribution in [-0.4, -0.2) is 50.5 Å². The Morgan fingerprint density at radius 2 is 1.84 bits per heavy atom. The van der Waals surface area contributed by atoms with E-state index in [0.29, 0.717) is 38.3 Å². The first kappa shape index (κ1) is 23.8. The SMILES string of the molecule is Cc1nc2nc(C(=O)N(C)C)cn2c(-c2ccc(Cl)cc2Cl)c1C(NC(=O)O)C(C)(C)C. The van der Waals surface area contributed by atoms with Crippen LogP contribution < -0.4 is 5.32 Å². The van der Waals surface area contributed by atoms with Crippen molar-refractivity contribution in [2.45, 2.75) is 33.7 Å². The first-order valence-corrected chi connectivity index (χ1v) is 10.6. The molecule has 0 aliphatic heterocycles. The summed E-state index contributed by atoms with van der Waals surface area (Å²) >= 11 is 12.7. The largest absolute Gasteiger partial charge is 0.465 e. The molecular formula is C22H25Cl2N5O3. The van der Waals surface area contributed by atoms with Crippen molar-refractivity contribution < 1.29 is 14.7 Å². The van der Waals surface area contributed by atoms with E-state index in [-0.39, 0.29) is 11.6 Å². The minimum atomic E-state index is -1.16. The van der Waals surface area contributed by atoms with Gasteiger partial charge in [-0.2, -0.15) is 0 Å². The van der Waals surface area contributed by atoms with Gasteiger partial charge in [-0.25, -0.2) is 14.8 Å². The molecule has 0 aliphatic carbocycles. The fraction of sp³-hybridized carbons (Fsp3) is 0.364. The van der Waals surface area contributed by atoms with E-state index in [2.05, 4.69) is 15.3 Å². The topological polar surface area (TPSA) is 99.8 Å². The summed E-state index contributed by atoms with van der Waals surface area (Å²) in [4.78, 5) is 34.7. The zero-order valence-electron chi connectivity index (χ0n) is 18.7. The maximum Gasteiger partial charge on any atom is 0.405 e.